The van der Waals surface area contributed by atoms with Crippen LogP contribution in [-0.4, -0.2) is 18.1 Å². The average Bonchev–Trinajstić information content (AvgIpc) is 2.67. The van der Waals surface area contributed by atoms with Crippen molar-refractivity contribution in [1.82, 2.24) is 0 Å². The number of esters is 1. The molecule has 0 aliphatic carbocycles. The van der Waals surface area contributed by atoms with Crippen molar-refractivity contribution >= 4 is 5.97 Å². The first-order chi connectivity index (χ1) is 12.5. The molecule has 0 saturated heterocycles. The molecule has 0 aliphatic heterocycles. The van der Waals surface area contributed by atoms with Gasteiger partial charge in [0, 0.05) is 12.0 Å². The molecule has 3 nitrogen and oxygen atoms in total. The summed E-state index contributed by atoms with van der Waals surface area (Å²) in [6, 6.07) is 0. The number of halogens is 1. The second kappa shape index (κ2) is 19.0. The van der Waals surface area contributed by atoms with Gasteiger partial charge in [0.05, 0.1) is 12.1 Å². The third-order valence-corrected chi connectivity index (χ3v) is 6.06. The highest BCUT2D eigenvalue weighted by Gasteiger charge is 2.34. The maximum Gasteiger partial charge on any atom is 0.330 e. The predicted octanol–water partition coefficient (Wildman–Crippen LogP) is 2.84. The molecule has 0 amide bonds. The summed E-state index contributed by atoms with van der Waals surface area (Å²) < 4.78 is 5.22. The van der Waals surface area contributed by atoms with Crippen molar-refractivity contribution < 1.29 is 32.2 Å². The molecule has 0 fully saturated rings. The molecular formula is C23H46BrNO2. The van der Waals surface area contributed by atoms with Gasteiger partial charge in [-0.25, -0.2) is 4.79 Å². The number of carbonyl (C=O) groups excluding carboxylic acids is 1. The standard InChI is InChI=1S/C23H45NO2.BrH/c1-5-9-10-11-12-13-14-15-16-17-18-21(23(24,7-3)8-4)19-20-26-22(25)6-2;/h6,21H,2,5,7-20,24H2,1,3-4H3;1H. The van der Waals surface area contributed by atoms with E-state index >= 15 is 0 Å². The second-order valence-corrected chi connectivity index (χ2v) is 7.90. The van der Waals surface area contributed by atoms with Crippen molar-refractivity contribution in [3.05, 3.63) is 12.7 Å². The van der Waals surface area contributed by atoms with Crippen LogP contribution in [0.2, 0.25) is 0 Å². The van der Waals surface area contributed by atoms with E-state index in [1.807, 2.05) is 0 Å². The summed E-state index contributed by atoms with van der Waals surface area (Å²) in [6.07, 6.45) is 19.2. The highest BCUT2D eigenvalue weighted by molar-refractivity contribution is 5.81. The van der Waals surface area contributed by atoms with E-state index in [4.69, 9.17) is 4.74 Å². The third-order valence-electron chi connectivity index (χ3n) is 6.06. The van der Waals surface area contributed by atoms with Gasteiger partial charge in [-0.3, -0.25) is 0 Å². The van der Waals surface area contributed by atoms with Crippen molar-refractivity contribution in [3.63, 3.8) is 0 Å². The zero-order valence-corrected chi connectivity index (χ0v) is 20.0. The molecule has 27 heavy (non-hydrogen) atoms. The molecule has 0 rings (SSSR count). The number of ether oxygens (including phenoxy) is 1. The lowest BCUT2D eigenvalue weighted by Gasteiger charge is -2.33. The molecule has 0 aliphatic rings. The summed E-state index contributed by atoms with van der Waals surface area (Å²) in [6.45, 7) is 10.7. The molecule has 0 saturated carbocycles. The number of unbranched alkanes of at least 4 members (excludes halogenated alkanes) is 9. The van der Waals surface area contributed by atoms with Gasteiger partial charge in [0.1, 0.15) is 0 Å². The summed E-state index contributed by atoms with van der Waals surface area (Å²) in [4.78, 5) is 11.3. The highest BCUT2D eigenvalue weighted by Crippen LogP contribution is 2.29. The van der Waals surface area contributed by atoms with E-state index in [0.29, 0.717) is 12.5 Å². The topological polar surface area (TPSA) is 53.9 Å². The molecule has 0 aromatic carbocycles. The molecule has 162 valence electrons. The number of hydrogen-bond donors (Lipinski definition) is 1. The Hall–Kier alpha value is -0.350. The van der Waals surface area contributed by atoms with Gasteiger partial charge in [0.15, 0.2) is 0 Å². The van der Waals surface area contributed by atoms with Crippen LogP contribution < -0.4 is 22.7 Å². The summed E-state index contributed by atoms with van der Waals surface area (Å²) in [5.74, 6) is 0.217. The van der Waals surface area contributed by atoms with Gasteiger partial charge in [-0.2, -0.15) is 0 Å². The van der Waals surface area contributed by atoms with Crippen LogP contribution in [0, 0.1) is 5.92 Å². The Morgan fingerprint density at radius 2 is 1.41 bits per heavy atom. The van der Waals surface area contributed by atoms with Gasteiger partial charge in [0.2, 0.25) is 0 Å². The van der Waals surface area contributed by atoms with Crippen molar-refractivity contribution in [2.75, 3.05) is 6.61 Å². The van der Waals surface area contributed by atoms with Crippen LogP contribution in [0.1, 0.15) is 111 Å². The Labute approximate surface area is 179 Å². The van der Waals surface area contributed by atoms with Crippen molar-refractivity contribution in [1.29, 1.82) is 0 Å². The lowest BCUT2D eigenvalue weighted by atomic mass is 9.76. The molecule has 3 N–H and O–H groups in total. The summed E-state index contributed by atoms with van der Waals surface area (Å²) in [5, 5.41) is 0. The van der Waals surface area contributed by atoms with E-state index in [-0.39, 0.29) is 28.5 Å². The quantitative estimate of drug-likeness (QED) is 0.199. The van der Waals surface area contributed by atoms with E-state index in [0.717, 1.165) is 19.3 Å². The lowest BCUT2D eigenvalue weighted by Crippen LogP contribution is -3.00. The van der Waals surface area contributed by atoms with E-state index < -0.39 is 0 Å². The second-order valence-electron chi connectivity index (χ2n) is 7.90. The molecule has 0 heterocycles. The predicted molar refractivity (Wildman–Crippen MR) is 112 cm³/mol. The van der Waals surface area contributed by atoms with Gasteiger partial charge >= 0.3 is 5.97 Å². The first kappa shape index (κ1) is 28.9. The first-order valence-electron chi connectivity index (χ1n) is 11.2. The minimum atomic E-state index is -0.314. The maximum absolute atomic E-state index is 11.3. The maximum atomic E-state index is 11.3. The van der Waals surface area contributed by atoms with Crippen LogP contribution in [-0.2, 0) is 9.53 Å². The van der Waals surface area contributed by atoms with E-state index in [2.05, 4.69) is 33.1 Å². The Kier molecular flexibility index (Phi) is 20.3. The van der Waals surface area contributed by atoms with Crippen LogP contribution in [0.15, 0.2) is 12.7 Å². The van der Waals surface area contributed by atoms with Crippen LogP contribution in [0.3, 0.4) is 0 Å². The SMILES string of the molecule is C=CC(=O)OCCC(CCCCCCCCCCCC)C([NH3+])(CC)CC.[Br-]. The molecule has 0 spiro atoms. The van der Waals surface area contributed by atoms with Crippen molar-refractivity contribution in [2.45, 2.75) is 116 Å². The van der Waals surface area contributed by atoms with Gasteiger partial charge in [0.25, 0.3) is 0 Å². The van der Waals surface area contributed by atoms with E-state index in [1.165, 1.54) is 76.7 Å². The van der Waals surface area contributed by atoms with Crippen LogP contribution in [0.4, 0.5) is 0 Å². The molecular weight excluding hydrogens is 402 g/mol. The molecule has 0 aromatic heterocycles. The van der Waals surface area contributed by atoms with Crippen molar-refractivity contribution in [3.8, 4) is 0 Å². The highest BCUT2D eigenvalue weighted by atomic mass is 79.9. The fourth-order valence-corrected chi connectivity index (χ4v) is 3.82. The summed E-state index contributed by atoms with van der Waals surface area (Å²) in [5.41, 5.74) is 4.64. The Morgan fingerprint density at radius 3 is 1.85 bits per heavy atom. The molecule has 0 aromatic rings. The lowest BCUT2D eigenvalue weighted by molar-refractivity contribution is -0.496. The minimum Gasteiger partial charge on any atom is -1.00 e. The van der Waals surface area contributed by atoms with Crippen molar-refractivity contribution in [2.24, 2.45) is 5.92 Å². The summed E-state index contributed by atoms with van der Waals surface area (Å²) >= 11 is 0. The average molecular weight is 449 g/mol. The first-order valence-corrected chi connectivity index (χ1v) is 11.2. The largest absolute Gasteiger partial charge is 1.00 e. The Morgan fingerprint density at radius 1 is 0.926 bits per heavy atom. The zero-order chi connectivity index (χ0) is 19.7. The smallest absolute Gasteiger partial charge is 0.330 e. The van der Waals surface area contributed by atoms with Crippen LogP contribution in [0.25, 0.3) is 0 Å². The van der Waals surface area contributed by atoms with Crippen LogP contribution >= 0.6 is 0 Å². The number of quaternary nitrogens is 1. The van der Waals surface area contributed by atoms with E-state index in [9.17, 15) is 4.79 Å². The fourth-order valence-electron chi connectivity index (χ4n) is 3.82. The monoisotopic (exact) mass is 447 g/mol. The van der Waals surface area contributed by atoms with E-state index in [1.54, 1.807) is 0 Å². The van der Waals surface area contributed by atoms with Gasteiger partial charge in [-0.05, 0) is 25.7 Å². The third kappa shape index (κ3) is 14.3. The molecule has 1 atom stereocenters. The van der Waals surface area contributed by atoms with Gasteiger partial charge in [-0.1, -0.05) is 91.6 Å². The normalized spacial score (nSPS) is 12.3. The molecule has 0 bridgehead atoms. The Bertz CT molecular complexity index is 356. The molecule has 0 radical (unpaired) electrons. The fraction of sp³-hybridized carbons (Fsp3) is 0.870. The number of hydrogen-bond acceptors (Lipinski definition) is 2. The van der Waals surface area contributed by atoms with Crippen LogP contribution in [0.5, 0.6) is 0 Å². The van der Waals surface area contributed by atoms with Gasteiger partial charge < -0.3 is 27.5 Å². The zero-order valence-electron chi connectivity index (χ0n) is 18.4. The summed E-state index contributed by atoms with van der Waals surface area (Å²) in [7, 11) is 0. The Balaban J connectivity index is 0. The van der Waals surface area contributed by atoms with Gasteiger partial charge in [-0.15, -0.1) is 0 Å². The minimum absolute atomic E-state index is 0. The number of carbonyl (C=O) groups is 1. The number of rotatable bonds is 18. The molecule has 4 heteroatoms. The molecule has 1 unspecified atom stereocenters.